The summed E-state index contributed by atoms with van der Waals surface area (Å²) in [6, 6.07) is 11.8. The second kappa shape index (κ2) is 8.57. The van der Waals surface area contributed by atoms with Gasteiger partial charge in [0.25, 0.3) is 0 Å². The lowest BCUT2D eigenvalue weighted by atomic mass is 10.1. The predicted molar refractivity (Wildman–Crippen MR) is 108 cm³/mol. The van der Waals surface area contributed by atoms with Crippen LogP contribution in [0.2, 0.25) is 0 Å². The summed E-state index contributed by atoms with van der Waals surface area (Å²) in [5.74, 6) is 2.94. The van der Waals surface area contributed by atoms with Crippen molar-refractivity contribution < 1.29 is 19.0 Å². The molecule has 1 fully saturated rings. The molecule has 0 bridgehead atoms. The fourth-order valence-corrected chi connectivity index (χ4v) is 4.62. The molecule has 1 aliphatic rings. The Kier molecular flexibility index (Phi) is 6.16. The van der Waals surface area contributed by atoms with Crippen LogP contribution >= 0.6 is 11.8 Å². The van der Waals surface area contributed by atoms with Gasteiger partial charge < -0.3 is 19.1 Å². The van der Waals surface area contributed by atoms with E-state index in [2.05, 4.69) is 6.07 Å². The lowest BCUT2D eigenvalue weighted by Crippen LogP contribution is -2.31. The van der Waals surface area contributed by atoms with Crippen molar-refractivity contribution in [2.45, 2.75) is 18.7 Å². The Morgan fingerprint density at radius 3 is 2.44 bits per heavy atom. The van der Waals surface area contributed by atoms with Crippen LogP contribution in [0.4, 0.5) is 0 Å². The van der Waals surface area contributed by atoms with E-state index in [4.69, 9.17) is 14.2 Å². The van der Waals surface area contributed by atoms with Gasteiger partial charge in [0.1, 0.15) is 11.1 Å². The summed E-state index contributed by atoms with van der Waals surface area (Å²) in [5, 5.41) is -0.0999. The third-order valence-corrected chi connectivity index (χ3v) is 5.89. The van der Waals surface area contributed by atoms with Gasteiger partial charge in [-0.2, -0.15) is 0 Å². The SMILES string of the molecule is COc1cc(OC)c(C2SCCN2C(=O)Cc2cccc(C)c2)cc1OC. The zero-order valence-corrected chi connectivity index (χ0v) is 17.0. The van der Waals surface area contributed by atoms with Gasteiger partial charge in [0.2, 0.25) is 5.91 Å². The van der Waals surface area contributed by atoms with Gasteiger partial charge in [0.15, 0.2) is 11.5 Å². The monoisotopic (exact) mass is 387 g/mol. The smallest absolute Gasteiger partial charge is 0.228 e. The van der Waals surface area contributed by atoms with Crippen molar-refractivity contribution in [2.24, 2.45) is 0 Å². The predicted octanol–water partition coefficient (Wildman–Crippen LogP) is 3.84. The number of aryl methyl sites for hydroxylation is 1. The Bertz CT molecular complexity index is 824. The van der Waals surface area contributed by atoms with Crippen molar-refractivity contribution in [3.8, 4) is 17.2 Å². The van der Waals surface area contributed by atoms with Crippen LogP contribution in [0.25, 0.3) is 0 Å². The first kappa shape index (κ1) is 19.4. The van der Waals surface area contributed by atoms with E-state index >= 15 is 0 Å². The average Bonchev–Trinajstić information content (AvgIpc) is 3.16. The summed E-state index contributed by atoms with van der Waals surface area (Å²) < 4.78 is 16.4. The molecule has 1 atom stereocenters. The zero-order valence-electron chi connectivity index (χ0n) is 16.2. The molecule has 6 heteroatoms. The zero-order chi connectivity index (χ0) is 19.4. The number of nitrogens with zero attached hydrogens (tertiary/aromatic N) is 1. The van der Waals surface area contributed by atoms with Crippen LogP contribution in [-0.2, 0) is 11.2 Å². The summed E-state index contributed by atoms with van der Waals surface area (Å²) in [6.45, 7) is 2.76. The van der Waals surface area contributed by atoms with Gasteiger partial charge in [-0.05, 0) is 18.6 Å². The number of benzene rings is 2. The van der Waals surface area contributed by atoms with Crippen LogP contribution in [0.5, 0.6) is 17.2 Å². The summed E-state index contributed by atoms with van der Waals surface area (Å²) >= 11 is 1.74. The molecule has 1 saturated heterocycles. The third kappa shape index (κ3) is 4.16. The van der Waals surface area contributed by atoms with Crippen LogP contribution < -0.4 is 14.2 Å². The minimum atomic E-state index is -0.0999. The molecule has 144 valence electrons. The van der Waals surface area contributed by atoms with Crippen LogP contribution in [0.3, 0.4) is 0 Å². The number of methoxy groups -OCH3 is 3. The first-order chi connectivity index (χ1) is 13.1. The van der Waals surface area contributed by atoms with Crippen molar-refractivity contribution >= 4 is 17.7 Å². The van der Waals surface area contributed by atoms with Crippen molar-refractivity contribution in [3.63, 3.8) is 0 Å². The standard InChI is InChI=1S/C21H25NO4S/c1-14-6-5-7-15(10-14)11-20(23)22-8-9-27-21(22)16-12-18(25-3)19(26-4)13-17(16)24-2/h5-7,10,12-13,21H,8-9,11H2,1-4H3. The van der Waals surface area contributed by atoms with Crippen LogP contribution in [0.1, 0.15) is 22.1 Å². The van der Waals surface area contributed by atoms with Crippen molar-refractivity contribution in [3.05, 3.63) is 53.1 Å². The lowest BCUT2D eigenvalue weighted by Gasteiger charge is -2.26. The second-order valence-electron chi connectivity index (χ2n) is 6.43. The molecule has 1 aliphatic heterocycles. The lowest BCUT2D eigenvalue weighted by molar-refractivity contribution is -0.130. The van der Waals surface area contributed by atoms with Gasteiger partial charge in [0, 0.05) is 23.9 Å². The van der Waals surface area contributed by atoms with E-state index in [0.29, 0.717) is 23.7 Å². The molecule has 0 radical (unpaired) electrons. The van der Waals surface area contributed by atoms with Gasteiger partial charge >= 0.3 is 0 Å². The van der Waals surface area contributed by atoms with Crippen molar-refractivity contribution in [2.75, 3.05) is 33.6 Å². The molecule has 1 unspecified atom stereocenters. The molecule has 3 rings (SSSR count). The summed E-state index contributed by atoms with van der Waals surface area (Å²) in [7, 11) is 4.83. The molecule has 0 N–H and O–H groups in total. The molecule has 0 aromatic heterocycles. The maximum atomic E-state index is 13.0. The van der Waals surface area contributed by atoms with E-state index in [1.807, 2.05) is 42.2 Å². The van der Waals surface area contributed by atoms with Gasteiger partial charge in [-0.3, -0.25) is 4.79 Å². The molecule has 1 heterocycles. The van der Waals surface area contributed by atoms with Gasteiger partial charge in [-0.15, -0.1) is 11.8 Å². The summed E-state index contributed by atoms with van der Waals surface area (Å²) in [6.07, 6.45) is 0.397. The Balaban J connectivity index is 1.88. The van der Waals surface area contributed by atoms with E-state index < -0.39 is 0 Å². The third-order valence-electron chi connectivity index (χ3n) is 4.65. The topological polar surface area (TPSA) is 48.0 Å². The average molecular weight is 388 g/mol. The summed E-state index contributed by atoms with van der Waals surface area (Å²) in [5.41, 5.74) is 3.12. The molecule has 2 aromatic rings. The number of thioether (sulfide) groups is 1. The van der Waals surface area contributed by atoms with Crippen LogP contribution in [0.15, 0.2) is 36.4 Å². The van der Waals surface area contributed by atoms with Crippen molar-refractivity contribution in [1.29, 1.82) is 0 Å². The highest BCUT2D eigenvalue weighted by Crippen LogP contribution is 2.46. The molecule has 2 aromatic carbocycles. The largest absolute Gasteiger partial charge is 0.496 e. The molecular formula is C21H25NO4S. The number of hydrogen-bond acceptors (Lipinski definition) is 5. The van der Waals surface area contributed by atoms with Crippen LogP contribution in [0, 0.1) is 6.92 Å². The minimum Gasteiger partial charge on any atom is -0.496 e. The Labute approximate surface area is 164 Å². The first-order valence-corrected chi connectivity index (χ1v) is 9.88. The first-order valence-electron chi connectivity index (χ1n) is 8.84. The molecule has 0 saturated carbocycles. The van der Waals surface area contributed by atoms with Gasteiger partial charge in [-0.1, -0.05) is 29.8 Å². The fraction of sp³-hybridized carbons (Fsp3) is 0.381. The Hall–Kier alpha value is -2.34. The Morgan fingerprint density at radius 1 is 1.07 bits per heavy atom. The molecular weight excluding hydrogens is 362 g/mol. The fourth-order valence-electron chi connectivity index (χ4n) is 3.33. The molecule has 0 spiro atoms. The Morgan fingerprint density at radius 2 is 1.78 bits per heavy atom. The highest BCUT2D eigenvalue weighted by atomic mass is 32.2. The van der Waals surface area contributed by atoms with E-state index in [1.54, 1.807) is 33.1 Å². The number of ether oxygens (including phenoxy) is 3. The van der Waals surface area contributed by atoms with Crippen LogP contribution in [-0.4, -0.2) is 44.4 Å². The number of amides is 1. The van der Waals surface area contributed by atoms with Gasteiger partial charge in [0.05, 0.1) is 27.8 Å². The quantitative estimate of drug-likeness (QED) is 0.754. The highest BCUT2D eigenvalue weighted by Gasteiger charge is 2.33. The number of carbonyl (C=O) groups is 1. The summed E-state index contributed by atoms with van der Waals surface area (Å²) in [4.78, 5) is 14.9. The molecule has 0 aliphatic carbocycles. The molecule has 5 nitrogen and oxygen atoms in total. The van der Waals surface area contributed by atoms with E-state index in [1.165, 1.54) is 0 Å². The number of carbonyl (C=O) groups excluding carboxylic acids is 1. The highest BCUT2D eigenvalue weighted by molar-refractivity contribution is 7.99. The van der Waals surface area contributed by atoms with Crippen molar-refractivity contribution in [1.82, 2.24) is 4.90 Å². The van der Waals surface area contributed by atoms with E-state index in [9.17, 15) is 4.79 Å². The molecule has 27 heavy (non-hydrogen) atoms. The minimum absolute atomic E-state index is 0.0999. The number of rotatable bonds is 6. The van der Waals surface area contributed by atoms with E-state index in [0.717, 1.165) is 29.0 Å². The normalized spacial score (nSPS) is 16.3. The maximum Gasteiger partial charge on any atom is 0.228 e. The second-order valence-corrected chi connectivity index (χ2v) is 7.61. The van der Waals surface area contributed by atoms with E-state index in [-0.39, 0.29) is 11.3 Å². The number of hydrogen-bond donors (Lipinski definition) is 0. The van der Waals surface area contributed by atoms with Gasteiger partial charge in [-0.25, -0.2) is 0 Å². The molecule has 1 amide bonds. The maximum absolute atomic E-state index is 13.0.